The second-order valence-electron chi connectivity index (χ2n) is 5.01. The van der Waals surface area contributed by atoms with Crippen LogP contribution >= 0.6 is 0 Å². The summed E-state index contributed by atoms with van der Waals surface area (Å²) in [4.78, 5) is 20.8. The Morgan fingerprint density at radius 1 is 1.35 bits per heavy atom. The molecule has 1 aliphatic carbocycles. The quantitative estimate of drug-likeness (QED) is 0.851. The number of nitrogens with zero attached hydrogens (tertiary/aromatic N) is 4. The molecule has 0 radical (unpaired) electrons. The zero-order chi connectivity index (χ0) is 13.5. The molecule has 4 rings (SSSR count). The van der Waals surface area contributed by atoms with Gasteiger partial charge in [-0.1, -0.05) is 6.07 Å². The summed E-state index contributed by atoms with van der Waals surface area (Å²) in [5, 5.41) is 7.51. The molecule has 0 fully saturated rings. The highest BCUT2D eigenvalue weighted by atomic mass is 16.1. The van der Waals surface area contributed by atoms with Gasteiger partial charge in [-0.25, -0.2) is 4.68 Å². The van der Waals surface area contributed by atoms with Crippen molar-refractivity contribution in [3.8, 4) is 0 Å². The average molecular weight is 267 g/mol. The Kier molecular flexibility index (Phi) is 2.42. The van der Waals surface area contributed by atoms with Crippen LogP contribution in [-0.2, 0) is 4.79 Å². The van der Waals surface area contributed by atoms with Gasteiger partial charge in [0, 0.05) is 30.1 Å². The first kappa shape index (κ1) is 11.3. The Bertz CT molecular complexity index is 703. The van der Waals surface area contributed by atoms with Crippen LogP contribution in [0.2, 0.25) is 0 Å². The van der Waals surface area contributed by atoms with Crippen LogP contribution in [0.5, 0.6) is 0 Å². The Labute approximate surface area is 115 Å². The van der Waals surface area contributed by atoms with Gasteiger partial charge in [0.25, 0.3) is 0 Å². The molecule has 20 heavy (non-hydrogen) atoms. The van der Waals surface area contributed by atoms with E-state index in [0.29, 0.717) is 12.4 Å². The van der Waals surface area contributed by atoms with E-state index in [0.717, 1.165) is 29.7 Å². The highest BCUT2D eigenvalue weighted by Crippen LogP contribution is 2.38. The summed E-state index contributed by atoms with van der Waals surface area (Å²) in [6.07, 6.45) is 7.39. The summed E-state index contributed by atoms with van der Waals surface area (Å²) in [7, 11) is 0. The van der Waals surface area contributed by atoms with Gasteiger partial charge in [0.15, 0.2) is 5.78 Å². The lowest BCUT2D eigenvalue weighted by Crippen LogP contribution is -2.31. The molecule has 2 aromatic rings. The molecule has 0 saturated heterocycles. The minimum absolute atomic E-state index is 0.189. The molecule has 1 aliphatic heterocycles. The number of rotatable bonds is 1. The third-order valence-corrected chi connectivity index (χ3v) is 3.81. The number of carbonyl (C=O) groups is 1. The van der Waals surface area contributed by atoms with Gasteiger partial charge in [-0.3, -0.25) is 9.78 Å². The van der Waals surface area contributed by atoms with Crippen LogP contribution in [0.1, 0.15) is 30.9 Å². The first-order chi connectivity index (χ1) is 9.84. The summed E-state index contributed by atoms with van der Waals surface area (Å²) in [6.45, 7) is 0. The van der Waals surface area contributed by atoms with Gasteiger partial charge in [0.05, 0.1) is 0 Å². The lowest BCUT2D eigenvalue weighted by atomic mass is 9.86. The maximum absolute atomic E-state index is 12.4. The van der Waals surface area contributed by atoms with E-state index in [9.17, 15) is 4.79 Å². The molecular weight excluding hydrogens is 254 g/mol. The molecule has 0 spiro atoms. The van der Waals surface area contributed by atoms with Crippen molar-refractivity contribution in [1.82, 2.24) is 19.7 Å². The predicted molar refractivity (Wildman–Crippen MR) is 71.9 cm³/mol. The van der Waals surface area contributed by atoms with Crippen LogP contribution in [0.3, 0.4) is 0 Å². The summed E-state index contributed by atoms with van der Waals surface area (Å²) in [5.41, 5.74) is 2.75. The minimum Gasteiger partial charge on any atom is -0.328 e. The predicted octanol–water partition coefficient (Wildman–Crippen LogP) is 1.70. The van der Waals surface area contributed by atoms with E-state index in [2.05, 4.69) is 20.4 Å². The van der Waals surface area contributed by atoms with Crippen molar-refractivity contribution in [3.63, 3.8) is 0 Å². The van der Waals surface area contributed by atoms with Crippen LogP contribution in [0, 0.1) is 0 Å². The van der Waals surface area contributed by atoms with Gasteiger partial charge in [0.2, 0.25) is 5.95 Å². The monoisotopic (exact) mass is 267 g/mol. The Morgan fingerprint density at radius 3 is 3.15 bits per heavy atom. The van der Waals surface area contributed by atoms with Crippen LogP contribution in [-0.4, -0.2) is 25.5 Å². The molecule has 6 nitrogen and oxygen atoms in total. The molecule has 1 N–H and O–H groups in total. The molecule has 2 aliphatic rings. The Morgan fingerprint density at radius 2 is 2.30 bits per heavy atom. The van der Waals surface area contributed by atoms with Gasteiger partial charge in [0.1, 0.15) is 12.4 Å². The lowest BCUT2D eigenvalue weighted by molar-refractivity contribution is -0.116. The van der Waals surface area contributed by atoms with Crippen molar-refractivity contribution < 1.29 is 4.79 Å². The summed E-state index contributed by atoms with van der Waals surface area (Å²) in [6, 6.07) is 3.63. The maximum Gasteiger partial charge on any atom is 0.226 e. The van der Waals surface area contributed by atoms with Crippen molar-refractivity contribution in [2.45, 2.75) is 25.3 Å². The molecule has 0 aromatic carbocycles. The van der Waals surface area contributed by atoms with Gasteiger partial charge < -0.3 is 5.32 Å². The molecule has 0 amide bonds. The van der Waals surface area contributed by atoms with Gasteiger partial charge in [-0.2, -0.15) is 10.1 Å². The lowest BCUT2D eigenvalue weighted by Gasteiger charge is -2.31. The van der Waals surface area contributed by atoms with Crippen molar-refractivity contribution in [2.24, 2.45) is 0 Å². The number of aromatic nitrogens is 4. The van der Waals surface area contributed by atoms with E-state index in [1.54, 1.807) is 17.1 Å². The van der Waals surface area contributed by atoms with E-state index >= 15 is 0 Å². The standard InChI is InChI=1S/C14H13N5O/c20-11-5-1-4-10-12(11)13(9-3-2-6-15-7-9)19-14(18-10)16-8-17-19/h2-3,6-8,13H,1,4-5H2,(H,16,17,18). The second kappa shape index (κ2) is 4.26. The fraction of sp³-hybridized carbons (Fsp3) is 0.286. The van der Waals surface area contributed by atoms with E-state index < -0.39 is 0 Å². The number of Topliss-reactive ketones (excluding diaryl/α,β-unsaturated/α-hetero) is 1. The maximum atomic E-state index is 12.4. The fourth-order valence-corrected chi connectivity index (χ4v) is 2.94. The third-order valence-electron chi connectivity index (χ3n) is 3.81. The third kappa shape index (κ3) is 1.57. The van der Waals surface area contributed by atoms with Crippen LogP contribution < -0.4 is 5.32 Å². The summed E-state index contributed by atoms with van der Waals surface area (Å²) in [5.74, 6) is 0.876. The largest absolute Gasteiger partial charge is 0.328 e. The van der Waals surface area contributed by atoms with E-state index in [-0.39, 0.29) is 11.8 Å². The first-order valence-electron chi connectivity index (χ1n) is 6.67. The molecular formula is C14H13N5O. The number of hydrogen-bond donors (Lipinski definition) is 1. The van der Waals surface area contributed by atoms with E-state index in [1.165, 1.54) is 6.33 Å². The van der Waals surface area contributed by atoms with Gasteiger partial charge in [-0.15, -0.1) is 0 Å². The number of allylic oxidation sites excluding steroid dienone is 2. The van der Waals surface area contributed by atoms with E-state index in [1.807, 2.05) is 12.1 Å². The molecule has 1 unspecified atom stereocenters. The number of ketones is 1. The number of fused-ring (bicyclic) bond motifs is 1. The summed E-state index contributed by atoms with van der Waals surface area (Å²) < 4.78 is 1.76. The SMILES string of the molecule is O=C1CCCC2=C1C(c1cccnc1)n1ncnc1N2. The molecule has 3 heterocycles. The number of hydrogen-bond acceptors (Lipinski definition) is 5. The first-order valence-corrected chi connectivity index (χ1v) is 6.67. The van der Waals surface area contributed by atoms with Crippen molar-refractivity contribution in [2.75, 3.05) is 5.32 Å². The number of anilines is 1. The minimum atomic E-state index is -0.217. The summed E-state index contributed by atoms with van der Waals surface area (Å²) >= 11 is 0. The Balaban J connectivity index is 1.93. The second-order valence-corrected chi connectivity index (χ2v) is 5.01. The van der Waals surface area contributed by atoms with Crippen LogP contribution in [0.4, 0.5) is 5.95 Å². The molecule has 2 aromatic heterocycles. The average Bonchev–Trinajstić information content (AvgIpc) is 2.94. The smallest absolute Gasteiger partial charge is 0.226 e. The van der Waals surface area contributed by atoms with E-state index in [4.69, 9.17) is 0 Å². The molecule has 100 valence electrons. The fourth-order valence-electron chi connectivity index (χ4n) is 2.94. The topological polar surface area (TPSA) is 72.7 Å². The molecule has 6 heteroatoms. The van der Waals surface area contributed by atoms with Crippen molar-refractivity contribution >= 4 is 11.7 Å². The molecule has 0 bridgehead atoms. The molecule has 1 atom stereocenters. The zero-order valence-corrected chi connectivity index (χ0v) is 10.8. The highest BCUT2D eigenvalue weighted by molar-refractivity contribution is 5.99. The van der Waals surface area contributed by atoms with Crippen molar-refractivity contribution in [3.05, 3.63) is 47.7 Å². The molecule has 0 saturated carbocycles. The normalized spacial score (nSPS) is 21.2. The Hall–Kier alpha value is -2.50. The number of pyridine rings is 1. The van der Waals surface area contributed by atoms with Gasteiger partial charge >= 0.3 is 0 Å². The van der Waals surface area contributed by atoms with Crippen LogP contribution in [0.25, 0.3) is 0 Å². The number of nitrogens with one attached hydrogen (secondary N) is 1. The number of carbonyl (C=O) groups excluding carboxylic acids is 1. The van der Waals surface area contributed by atoms with Gasteiger partial charge in [-0.05, 0) is 24.5 Å². The van der Waals surface area contributed by atoms with Crippen molar-refractivity contribution in [1.29, 1.82) is 0 Å². The zero-order valence-electron chi connectivity index (χ0n) is 10.8. The highest BCUT2D eigenvalue weighted by Gasteiger charge is 2.35. The van der Waals surface area contributed by atoms with Crippen LogP contribution in [0.15, 0.2) is 42.1 Å².